The summed E-state index contributed by atoms with van der Waals surface area (Å²) in [6.07, 6.45) is 1.97. The van der Waals surface area contributed by atoms with Crippen LogP contribution in [0, 0.1) is 0 Å². The van der Waals surface area contributed by atoms with Gasteiger partial charge in [-0.15, -0.1) is 0 Å². The Bertz CT molecular complexity index is 523. The van der Waals surface area contributed by atoms with Gasteiger partial charge < -0.3 is 4.74 Å². The zero-order chi connectivity index (χ0) is 13.2. The number of aromatic nitrogens is 2. The Balaban J connectivity index is 2.53. The minimum atomic E-state index is 0.0572. The number of nitrogens with zero attached hydrogens (tertiary/aromatic N) is 1. The number of benzene rings is 1. The van der Waals surface area contributed by atoms with E-state index < -0.39 is 0 Å². The Hall–Kier alpha value is -1.77. The maximum absolute atomic E-state index is 5.67. The SMILES string of the molecule is CCOc1ccccc1-c1n[nH]cc1C(C)(C)C. The van der Waals surface area contributed by atoms with Crippen LogP contribution in [0.3, 0.4) is 0 Å². The highest BCUT2D eigenvalue weighted by atomic mass is 16.5. The number of nitrogens with one attached hydrogen (secondary N) is 1. The molecule has 0 aliphatic rings. The van der Waals surface area contributed by atoms with E-state index in [2.05, 4.69) is 37.0 Å². The molecule has 0 atom stereocenters. The van der Waals surface area contributed by atoms with Crippen molar-refractivity contribution in [1.29, 1.82) is 0 Å². The van der Waals surface area contributed by atoms with Crippen LogP contribution >= 0.6 is 0 Å². The fraction of sp³-hybridized carbons (Fsp3) is 0.400. The van der Waals surface area contributed by atoms with Gasteiger partial charge in [0.1, 0.15) is 5.75 Å². The molecule has 0 saturated carbocycles. The summed E-state index contributed by atoms with van der Waals surface area (Å²) in [5.74, 6) is 0.887. The third-order valence-electron chi connectivity index (χ3n) is 2.89. The molecule has 1 aromatic carbocycles. The second-order valence-electron chi connectivity index (χ2n) is 5.33. The molecule has 2 rings (SSSR count). The van der Waals surface area contributed by atoms with E-state index in [1.165, 1.54) is 5.56 Å². The lowest BCUT2D eigenvalue weighted by Crippen LogP contribution is -2.11. The molecular weight excluding hydrogens is 224 g/mol. The maximum atomic E-state index is 5.67. The van der Waals surface area contributed by atoms with Crippen molar-refractivity contribution in [2.45, 2.75) is 33.1 Å². The van der Waals surface area contributed by atoms with Gasteiger partial charge in [0.05, 0.1) is 12.3 Å². The average Bonchev–Trinajstić information content (AvgIpc) is 2.78. The molecule has 2 aromatic rings. The molecule has 0 amide bonds. The first-order valence-electron chi connectivity index (χ1n) is 6.30. The monoisotopic (exact) mass is 244 g/mol. The van der Waals surface area contributed by atoms with E-state index in [1.54, 1.807) is 0 Å². The Labute approximate surface area is 108 Å². The van der Waals surface area contributed by atoms with Gasteiger partial charge in [0.15, 0.2) is 0 Å². The molecule has 0 unspecified atom stereocenters. The van der Waals surface area contributed by atoms with E-state index in [9.17, 15) is 0 Å². The average molecular weight is 244 g/mol. The van der Waals surface area contributed by atoms with Gasteiger partial charge >= 0.3 is 0 Å². The summed E-state index contributed by atoms with van der Waals surface area (Å²) >= 11 is 0. The Kier molecular flexibility index (Phi) is 3.41. The van der Waals surface area contributed by atoms with Crippen molar-refractivity contribution in [2.24, 2.45) is 0 Å². The van der Waals surface area contributed by atoms with Crippen LogP contribution in [-0.4, -0.2) is 16.8 Å². The lowest BCUT2D eigenvalue weighted by atomic mass is 9.85. The van der Waals surface area contributed by atoms with Crippen molar-refractivity contribution >= 4 is 0 Å². The second-order valence-corrected chi connectivity index (χ2v) is 5.33. The fourth-order valence-corrected chi connectivity index (χ4v) is 2.01. The highest BCUT2D eigenvalue weighted by Gasteiger charge is 2.22. The summed E-state index contributed by atoms with van der Waals surface area (Å²) < 4.78 is 5.67. The molecular formula is C15H20N2O. The predicted molar refractivity (Wildman–Crippen MR) is 73.9 cm³/mol. The van der Waals surface area contributed by atoms with Gasteiger partial charge in [-0.2, -0.15) is 5.10 Å². The van der Waals surface area contributed by atoms with Gasteiger partial charge in [-0.1, -0.05) is 32.9 Å². The van der Waals surface area contributed by atoms with E-state index in [0.717, 1.165) is 17.0 Å². The first-order chi connectivity index (χ1) is 8.54. The smallest absolute Gasteiger partial charge is 0.128 e. The van der Waals surface area contributed by atoms with Gasteiger partial charge in [-0.3, -0.25) is 5.10 Å². The third kappa shape index (κ3) is 2.40. The van der Waals surface area contributed by atoms with Crippen molar-refractivity contribution in [1.82, 2.24) is 10.2 Å². The lowest BCUT2D eigenvalue weighted by molar-refractivity contribution is 0.341. The zero-order valence-electron chi connectivity index (χ0n) is 11.4. The van der Waals surface area contributed by atoms with E-state index in [0.29, 0.717) is 6.61 Å². The van der Waals surface area contributed by atoms with Crippen LogP contribution in [-0.2, 0) is 5.41 Å². The van der Waals surface area contributed by atoms with Crippen LogP contribution in [0.2, 0.25) is 0 Å². The number of H-pyrrole nitrogens is 1. The molecule has 0 spiro atoms. The zero-order valence-corrected chi connectivity index (χ0v) is 11.4. The Morgan fingerprint density at radius 2 is 1.94 bits per heavy atom. The maximum Gasteiger partial charge on any atom is 0.128 e. The number of rotatable bonds is 3. The normalized spacial score (nSPS) is 11.6. The molecule has 1 aromatic heterocycles. The number of hydrogen-bond donors (Lipinski definition) is 1. The summed E-state index contributed by atoms with van der Waals surface area (Å²) in [4.78, 5) is 0. The molecule has 18 heavy (non-hydrogen) atoms. The molecule has 0 fully saturated rings. The molecule has 3 heteroatoms. The van der Waals surface area contributed by atoms with Crippen molar-refractivity contribution in [2.75, 3.05) is 6.61 Å². The van der Waals surface area contributed by atoms with Crippen LogP contribution in [0.15, 0.2) is 30.5 Å². The first-order valence-corrected chi connectivity index (χ1v) is 6.30. The standard InChI is InChI=1S/C15H20N2O/c1-5-18-13-9-7-6-8-11(13)14-12(10-16-17-14)15(2,3)4/h6-10H,5H2,1-4H3,(H,16,17). The fourth-order valence-electron chi connectivity index (χ4n) is 2.01. The van der Waals surface area contributed by atoms with Gasteiger partial charge in [-0.25, -0.2) is 0 Å². The summed E-state index contributed by atoms with van der Waals surface area (Å²) in [5, 5.41) is 7.36. The van der Waals surface area contributed by atoms with E-state index in [1.807, 2.05) is 31.3 Å². The van der Waals surface area contributed by atoms with Gasteiger partial charge in [-0.05, 0) is 24.5 Å². The van der Waals surface area contributed by atoms with Crippen LogP contribution in [0.4, 0.5) is 0 Å². The highest BCUT2D eigenvalue weighted by Crippen LogP contribution is 2.35. The Morgan fingerprint density at radius 3 is 2.61 bits per heavy atom. The summed E-state index contributed by atoms with van der Waals surface area (Å²) in [7, 11) is 0. The van der Waals surface area contributed by atoms with Crippen LogP contribution < -0.4 is 4.74 Å². The summed E-state index contributed by atoms with van der Waals surface area (Å²) in [5.41, 5.74) is 3.29. The molecule has 0 bridgehead atoms. The van der Waals surface area contributed by atoms with Crippen molar-refractivity contribution in [3.05, 3.63) is 36.0 Å². The molecule has 1 N–H and O–H groups in total. The van der Waals surface area contributed by atoms with Crippen LogP contribution in [0.1, 0.15) is 33.3 Å². The molecule has 96 valence electrons. The van der Waals surface area contributed by atoms with Gasteiger partial charge in [0.2, 0.25) is 0 Å². The second kappa shape index (κ2) is 4.84. The molecule has 1 heterocycles. The molecule has 0 aliphatic carbocycles. The third-order valence-corrected chi connectivity index (χ3v) is 2.89. The minimum absolute atomic E-state index is 0.0572. The number of hydrogen-bond acceptors (Lipinski definition) is 2. The van der Waals surface area contributed by atoms with Gasteiger partial charge in [0, 0.05) is 17.3 Å². The molecule has 3 nitrogen and oxygen atoms in total. The van der Waals surface area contributed by atoms with E-state index in [4.69, 9.17) is 4.74 Å². The number of aromatic amines is 1. The van der Waals surface area contributed by atoms with Crippen molar-refractivity contribution in [3.63, 3.8) is 0 Å². The van der Waals surface area contributed by atoms with E-state index in [-0.39, 0.29) is 5.41 Å². The molecule has 0 radical (unpaired) electrons. The topological polar surface area (TPSA) is 37.9 Å². The lowest BCUT2D eigenvalue weighted by Gasteiger charge is -2.19. The predicted octanol–water partition coefficient (Wildman–Crippen LogP) is 3.77. The number of ether oxygens (including phenoxy) is 1. The summed E-state index contributed by atoms with van der Waals surface area (Å²) in [6, 6.07) is 8.03. The summed E-state index contributed by atoms with van der Waals surface area (Å²) in [6.45, 7) is 9.21. The number of para-hydroxylation sites is 1. The van der Waals surface area contributed by atoms with Crippen molar-refractivity contribution < 1.29 is 4.74 Å². The molecule has 0 aliphatic heterocycles. The first kappa shape index (κ1) is 12.7. The quantitative estimate of drug-likeness (QED) is 0.892. The molecule has 0 saturated heterocycles. The van der Waals surface area contributed by atoms with E-state index >= 15 is 0 Å². The largest absolute Gasteiger partial charge is 0.493 e. The van der Waals surface area contributed by atoms with Crippen LogP contribution in [0.5, 0.6) is 5.75 Å². The minimum Gasteiger partial charge on any atom is -0.493 e. The van der Waals surface area contributed by atoms with Crippen LogP contribution in [0.25, 0.3) is 11.3 Å². The van der Waals surface area contributed by atoms with Crippen molar-refractivity contribution in [3.8, 4) is 17.0 Å². The Morgan fingerprint density at radius 1 is 1.22 bits per heavy atom. The highest BCUT2D eigenvalue weighted by molar-refractivity contribution is 5.70. The van der Waals surface area contributed by atoms with Gasteiger partial charge in [0.25, 0.3) is 0 Å².